The number of rotatable bonds is 5. The Morgan fingerprint density at radius 1 is 1.35 bits per heavy atom. The van der Waals surface area contributed by atoms with E-state index in [-0.39, 0.29) is 19.3 Å². The average Bonchev–Trinajstić information content (AvgIpc) is 2.65. The molecule has 0 atom stereocenters. The van der Waals surface area contributed by atoms with E-state index in [4.69, 9.17) is 32.7 Å². The monoisotopic (exact) mass is 380 g/mol. The van der Waals surface area contributed by atoms with Crippen LogP contribution in [0.15, 0.2) is 16.9 Å². The molecule has 0 saturated heterocycles. The van der Waals surface area contributed by atoms with E-state index >= 15 is 0 Å². The minimum absolute atomic E-state index is 0.214. The average molecular weight is 382 g/mol. The number of carbonyl (C=O) groups is 1. The van der Waals surface area contributed by atoms with Crippen LogP contribution in [0.4, 0.5) is 0 Å². The lowest BCUT2D eigenvalue weighted by Crippen LogP contribution is -2.10. The molecule has 5 nitrogen and oxygen atoms in total. The minimum Gasteiger partial charge on any atom is -0.463 e. The number of fused-ring (bicyclic) bond motifs is 1. The fourth-order valence-corrected chi connectivity index (χ4v) is 2.41. The molecule has 0 unspecified atom stereocenters. The highest BCUT2D eigenvalue weighted by Gasteiger charge is 2.11. The summed E-state index contributed by atoms with van der Waals surface area (Å²) in [7, 11) is 0. The number of hydrogen-bond donors (Lipinski definition) is 0. The fourth-order valence-electron chi connectivity index (χ4n) is 1.61. The van der Waals surface area contributed by atoms with E-state index in [2.05, 4.69) is 20.9 Å². The van der Waals surface area contributed by atoms with Crippen LogP contribution in [0.5, 0.6) is 0 Å². The molecule has 0 aliphatic rings. The van der Waals surface area contributed by atoms with Crippen molar-refractivity contribution < 1.29 is 14.3 Å². The van der Waals surface area contributed by atoms with Crippen LogP contribution in [0.2, 0.25) is 10.0 Å². The van der Waals surface area contributed by atoms with E-state index in [9.17, 15) is 4.79 Å². The van der Waals surface area contributed by atoms with Crippen molar-refractivity contribution in [3.05, 3.63) is 26.9 Å². The third-order valence-electron chi connectivity index (χ3n) is 2.50. The zero-order chi connectivity index (χ0) is 14.7. The second-order valence-electron chi connectivity index (χ2n) is 3.94. The molecular weight excluding hydrogens is 371 g/mol. The van der Waals surface area contributed by atoms with Crippen molar-refractivity contribution in [2.24, 2.45) is 0 Å². The van der Waals surface area contributed by atoms with Gasteiger partial charge in [-0.1, -0.05) is 23.2 Å². The van der Waals surface area contributed by atoms with Crippen LogP contribution in [0.1, 0.15) is 6.92 Å². The molecule has 0 fully saturated rings. The number of hydrogen-bond acceptors (Lipinski definition) is 4. The van der Waals surface area contributed by atoms with Crippen LogP contribution in [0.3, 0.4) is 0 Å². The predicted molar refractivity (Wildman–Crippen MR) is 80.0 cm³/mol. The van der Waals surface area contributed by atoms with Crippen LogP contribution in [0, 0.1) is 0 Å². The standard InChI is InChI=1S/C12H11BrCl2N2O3/c1-7(18)20-3-2-19-6-17-11-5-9(15)8(14)4-10(11)16-12(17)13/h4-5H,2-3,6H2,1H3. The Balaban J connectivity index is 2.08. The molecule has 0 aliphatic carbocycles. The van der Waals surface area contributed by atoms with Gasteiger partial charge in [0.15, 0.2) is 4.73 Å². The highest BCUT2D eigenvalue weighted by molar-refractivity contribution is 9.10. The van der Waals surface area contributed by atoms with Crippen LogP contribution in [-0.2, 0) is 21.0 Å². The second kappa shape index (κ2) is 6.76. The molecule has 0 saturated carbocycles. The first-order valence-corrected chi connectivity index (χ1v) is 7.26. The Bertz CT molecular complexity index is 645. The van der Waals surface area contributed by atoms with Gasteiger partial charge >= 0.3 is 5.97 Å². The van der Waals surface area contributed by atoms with E-state index in [1.54, 1.807) is 16.7 Å². The molecule has 1 heterocycles. The highest BCUT2D eigenvalue weighted by atomic mass is 79.9. The molecule has 108 valence electrons. The van der Waals surface area contributed by atoms with Crippen molar-refractivity contribution in [2.75, 3.05) is 13.2 Å². The van der Waals surface area contributed by atoms with Crippen molar-refractivity contribution in [1.82, 2.24) is 9.55 Å². The number of imidazole rings is 1. The summed E-state index contributed by atoms with van der Waals surface area (Å²) in [5.41, 5.74) is 1.52. The van der Waals surface area contributed by atoms with Crippen molar-refractivity contribution in [2.45, 2.75) is 13.7 Å². The van der Waals surface area contributed by atoms with Crippen LogP contribution < -0.4 is 0 Å². The lowest BCUT2D eigenvalue weighted by atomic mass is 10.3. The number of aromatic nitrogens is 2. The number of carbonyl (C=O) groups excluding carboxylic acids is 1. The van der Waals surface area contributed by atoms with E-state index in [0.717, 1.165) is 11.0 Å². The Labute approximate surface area is 133 Å². The number of nitrogens with zero attached hydrogens (tertiary/aromatic N) is 2. The number of ether oxygens (including phenoxy) is 2. The molecule has 2 aromatic rings. The number of halogens is 3. The van der Waals surface area contributed by atoms with Crippen molar-refractivity contribution in [1.29, 1.82) is 0 Å². The summed E-state index contributed by atoms with van der Waals surface area (Å²) >= 11 is 15.3. The molecule has 0 aliphatic heterocycles. The maximum absolute atomic E-state index is 10.6. The summed E-state index contributed by atoms with van der Waals surface area (Å²) in [6.45, 7) is 2.13. The Morgan fingerprint density at radius 3 is 2.75 bits per heavy atom. The first kappa shape index (κ1) is 15.6. The number of benzene rings is 1. The van der Waals surface area contributed by atoms with Crippen molar-refractivity contribution >= 4 is 56.1 Å². The summed E-state index contributed by atoms with van der Waals surface area (Å²) in [6.07, 6.45) is 0. The SMILES string of the molecule is CC(=O)OCCOCn1c(Br)nc2cc(Cl)c(Cl)cc21. The largest absolute Gasteiger partial charge is 0.463 e. The summed E-state index contributed by atoms with van der Waals surface area (Å²) in [6, 6.07) is 3.42. The molecule has 0 bridgehead atoms. The van der Waals surface area contributed by atoms with Gasteiger partial charge in [-0.25, -0.2) is 4.98 Å². The van der Waals surface area contributed by atoms with Crippen LogP contribution in [0.25, 0.3) is 11.0 Å². The third-order valence-corrected chi connectivity index (χ3v) is 3.82. The molecule has 0 spiro atoms. The van der Waals surface area contributed by atoms with Gasteiger partial charge in [-0.15, -0.1) is 0 Å². The highest BCUT2D eigenvalue weighted by Crippen LogP contribution is 2.29. The van der Waals surface area contributed by atoms with Gasteiger partial charge in [0.2, 0.25) is 0 Å². The van der Waals surface area contributed by atoms with Gasteiger partial charge in [0.05, 0.1) is 27.7 Å². The maximum atomic E-state index is 10.6. The Kier molecular flexibility index (Phi) is 5.26. The topological polar surface area (TPSA) is 53.4 Å². The first-order valence-electron chi connectivity index (χ1n) is 5.71. The van der Waals surface area contributed by atoms with E-state index in [1.807, 2.05) is 0 Å². The van der Waals surface area contributed by atoms with Crippen LogP contribution >= 0.6 is 39.1 Å². The smallest absolute Gasteiger partial charge is 0.302 e. The zero-order valence-corrected chi connectivity index (χ0v) is 13.6. The molecule has 1 aromatic heterocycles. The molecule has 0 N–H and O–H groups in total. The molecular formula is C12H11BrCl2N2O3. The molecule has 20 heavy (non-hydrogen) atoms. The fraction of sp³-hybridized carbons (Fsp3) is 0.333. The molecule has 0 radical (unpaired) electrons. The maximum Gasteiger partial charge on any atom is 0.302 e. The van der Waals surface area contributed by atoms with Crippen molar-refractivity contribution in [3.63, 3.8) is 0 Å². The van der Waals surface area contributed by atoms with Gasteiger partial charge in [0.1, 0.15) is 13.3 Å². The third kappa shape index (κ3) is 3.63. The van der Waals surface area contributed by atoms with Crippen LogP contribution in [-0.4, -0.2) is 28.7 Å². The summed E-state index contributed by atoms with van der Waals surface area (Å²) in [5, 5.41) is 0.903. The molecule has 1 aromatic carbocycles. The summed E-state index contributed by atoms with van der Waals surface area (Å²) < 4.78 is 12.6. The van der Waals surface area contributed by atoms with Gasteiger partial charge in [-0.2, -0.15) is 0 Å². The lowest BCUT2D eigenvalue weighted by Gasteiger charge is -2.08. The quantitative estimate of drug-likeness (QED) is 0.586. The second-order valence-corrected chi connectivity index (χ2v) is 5.46. The number of esters is 1. The Morgan fingerprint density at radius 2 is 2.05 bits per heavy atom. The van der Waals surface area contributed by atoms with E-state index in [1.165, 1.54) is 6.92 Å². The molecule has 8 heteroatoms. The minimum atomic E-state index is -0.329. The first-order chi connectivity index (χ1) is 9.49. The van der Waals surface area contributed by atoms with Crippen molar-refractivity contribution in [3.8, 4) is 0 Å². The lowest BCUT2D eigenvalue weighted by molar-refractivity contribution is -0.142. The predicted octanol–water partition coefficient (Wildman–Crippen LogP) is 3.64. The Hall–Kier alpha value is -0.820. The summed E-state index contributed by atoms with van der Waals surface area (Å²) in [4.78, 5) is 14.9. The van der Waals surface area contributed by atoms with Gasteiger partial charge in [-0.3, -0.25) is 9.36 Å². The molecule has 2 rings (SSSR count). The normalized spacial score (nSPS) is 11.0. The van der Waals surface area contributed by atoms with Gasteiger partial charge in [-0.05, 0) is 28.1 Å². The molecule has 0 amide bonds. The van der Waals surface area contributed by atoms with E-state index in [0.29, 0.717) is 21.4 Å². The van der Waals surface area contributed by atoms with Gasteiger partial charge in [0, 0.05) is 6.92 Å². The van der Waals surface area contributed by atoms with Gasteiger partial charge in [0.25, 0.3) is 0 Å². The van der Waals surface area contributed by atoms with Gasteiger partial charge < -0.3 is 9.47 Å². The zero-order valence-electron chi connectivity index (χ0n) is 10.5. The summed E-state index contributed by atoms with van der Waals surface area (Å²) in [5.74, 6) is -0.329. The van der Waals surface area contributed by atoms with E-state index < -0.39 is 0 Å².